The van der Waals surface area contributed by atoms with Gasteiger partial charge in [-0.05, 0) is 25.9 Å². The van der Waals surface area contributed by atoms with Gasteiger partial charge < -0.3 is 15.4 Å². The Labute approximate surface area is 80.0 Å². The minimum atomic E-state index is -0.307. The first-order valence-electron chi connectivity index (χ1n) is 4.92. The van der Waals surface area contributed by atoms with Crippen LogP contribution in [0.4, 0.5) is 4.79 Å². The highest BCUT2D eigenvalue weighted by atomic mass is 16.5. The van der Waals surface area contributed by atoms with Gasteiger partial charge in [0.1, 0.15) is 0 Å². The lowest BCUT2D eigenvalue weighted by Crippen LogP contribution is -2.26. The molecule has 0 aliphatic carbocycles. The zero-order valence-corrected chi connectivity index (χ0v) is 8.56. The molecule has 0 radical (unpaired) electrons. The molecule has 1 amide bonds. The van der Waals surface area contributed by atoms with E-state index in [1.165, 1.54) is 0 Å². The second kappa shape index (κ2) is 9.32. The molecule has 0 spiro atoms. The Hall–Kier alpha value is -0.770. The van der Waals surface area contributed by atoms with Crippen molar-refractivity contribution in [2.45, 2.75) is 26.7 Å². The summed E-state index contributed by atoms with van der Waals surface area (Å²) in [6.45, 7) is 7.09. The lowest BCUT2D eigenvalue weighted by molar-refractivity contribution is 0.145. The van der Waals surface area contributed by atoms with Crippen LogP contribution in [0.15, 0.2) is 0 Å². The monoisotopic (exact) mass is 188 g/mol. The van der Waals surface area contributed by atoms with Crippen molar-refractivity contribution in [2.75, 3.05) is 26.2 Å². The number of carbonyl (C=O) groups is 1. The van der Waals surface area contributed by atoms with Gasteiger partial charge in [0.2, 0.25) is 0 Å². The topological polar surface area (TPSA) is 50.4 Å². The molecule has 4 heteroatoms. The Balaban J connectivity index is 3.08. The molecule has 0 heterocycles. The van der Waals surface area contributed by atoms with Gasteiger partial charge in [0.25, 0.3) is 0 Å². The van der Waals surface area contributed by atoms with Crippen molar-refractivity contribution in [3.8, 4) is 0 Å². The van der Waals surface area contributed by atoms with Gasteiger partial charge in [-0.25, -0.2) is 4.79 Å². The van der Waals surface area contributed by atoms with Crippen LogP contribution in [0.25, 0.3) is 0 Å². The smallest absolute Gasteiger partial charge is 0.407 e. The van der Waals surface area contributed by atoms with E-state index in [1.54, 1.807) is 0 Å². The molecule has 0 aromatic rings. The lowest BCUT2D eigenvalue weighted by Gasteiger charge is -2.05. The molecule has 0 unspecified atom stereocenters. The third-order valence-electron chi connectivity index (χ3n) is 1.50. The number of hydrogen-bond acceptors (Lipinski definition) is 3. The van der Waals surface area contributed by atoms with Gasteiger partial charge in [-0.15, -0.1) is 0 Å². The molecule has 0 rings (SSSR count). The highest BCUT2D eigenvalue weighted by Crippen LogP contribution is 1.83. The van der Waals surface area contributed by atoms with Gasteiger partial charge in [0.15, 0.2) is 0 Å². The van der Waals surface area contributed by atoms with Gasteiger partial charge >= 0.3 is 6.09 Å². The molecule has 2 N–H and O–H groups in total. The first kappa shape index (κ1) is 12.2. The van der Waals surface area contributed by atoms with Crippen molar-refractivity contribution in [3.63, 3.8) is 0 Å². The van der Waals surface area contributed by atoms with Crippen molar-refractivity contribution in [2.24, 2.45) is 0 Å². The van der Waals surface area contributed by atoms with Gasteiger partial charge in [-0.3, -0.25) is 0 Å². The molecule has 0 aliphatic heterocycles. The first-order valence-corrected chi connectivity index (χ1v) is 4.92. The van der Waals surface area contributed by atoms with Crippen molar-refractivity contribution in [1.29, 1.82) is 0 Å². The molecule has 0 saturated carbocycles. The van der Waals surface area contributed by atoms with E-state index in [9.17, 15) is 4.79 Å². The summed E-state index contributed by atoms with van der Waals surface area (Å²) in [7, 11) is 0. The van der Waals surface area contributed by atoms with Crippen LogP contribution in [0.5, 0.6) is 0 Å². The fraction of sp³-hybridized carbons (Fsp3) is 0.889. The number of alkyl carbamates (subject to hydrolysis) is 1. The van der Waals surface area contributed by atoms with Gasteiger partial charge in [0, 0.05) is 6.54 Å². The Morgan fingerprint density at radius 1 is 1.31 bits per heavy atom. The number of carbonyl (C=O) groups excluding carboxylic acids is 1. The summed E-state index contributed by atoms with van der Waals surface area (Å²) >= 11 is 0. The third-order valence-corrected chi connectivity index (χ3v) is 1.50. The van der Waals surface area contributed by atoms with Crippen LogP contribution in [-0.4, -0.2) is 32.3 Å². The molecule has 0 aromatic carbocycles. The van der Waals surface area contributed by atoms with E-state index in [0.29, 0.717) is 13.2 Å². The number of rotatable bonds is 7. The van der Waals surface area contributed by atoms with E-state index < -0.39 is 0 Å². The molecular formula is C9H20N2O2. The molecule has 13 heavy (non-hydrogen) atoms. The van der Waals surface area contributed by atoms with Crippen LogP contribution in [0.3, 0.4) is 0 Å². The average molecular weight is 188 g/mol. The van der Waals surface area contributed by atoms with E-state index in [4.69, 9.17) is 4.74 Å². The van der Waals surface area contributed by atoms with E-state index >= 15 is 0 Å². The molecule has 0 aliphatic rings. The fourth-order valence-electron chi connectivity index (χ4n) is 0.817. The summed E-state index contributed by atoms with van der Waals surface area (Å²) in [6, 6.07) is 0. The summed E-state index contributed by atoms with van der Waals surface area (Å²) in [5, 5.41) is 5.80. The molecule has 0 atom stereocenters. The minimum absolute atomic E-state index is 0.307. The molecule has 78 valence electrons. The van der Waals surface area contributed by atoms with Crippen molar-refractivity contribution in [3.05, 3.63) is 0 Å². The number of ether oxygens (including phenoxy) is 1. The zero-order valence-electron chi connectivity index (χ0n) is 8.56. The van der Waals surface area contributed by atoms with Crippen molar-refractivity contribution < 1.29 is 9.53 Å². The molecular weight excluding hydrogens is 168 g/mol. The predicted octanol–water partition coefficient (Wildman–Crippen LogP) is 1.12. The molecule has 0 saturated heterocycles. The second-order valence-corrected chi connectivity index (χ2v) is 2.77. The van der Waals surface area contributed by atoms with E-state index in [-0.39, 0.29) is 6.09 Å². The Kier molecular flexibility index (Phi) is 8.77. The summed E-state index contributed by atoms with van der Waals surface area (Å²) in [4.78, 5) is 10.9. The average Bonchev–Trinajstić information content (AvgIpc) is 2.14. The second-order valence-electron chi connectivity index (χ2n) is 2.77. The van der Waals surface area contributed by atoms with E-state index in [1.807, 2.05) is 6.92 Å². The van der Waals surface area contributed by atoms with E-state index in [0.717, 1.165) is 25.9 Å². The van der Waals surface area contributed by atoms with Gasteiger partial charge in [0.05, 0.1) is 6.61 Å². The van der Waals surface area contributed by atoms with Crippen LogP contribution in [0.1, 0.15) is 26.7 Å². The molecule has 0 bridgehead atoms. The van der Waals surface area contributed by atoms with Crippen molar-refractivity contribution in [1.82, 2.24) is 10.6 Å². The van der Waals surface area contributed by atoms with Crippen LogP contribution in [0.2, 0.25) is 0 Å². The van der Waals surface area contributed by atoms with Gasteiger partial charge in [-0.1, -0.05) is 13.8 Å². The van der Waals surface area contributed by atoms with Crippen LogP contribution in [-0.2, 0) is 4.74 Å². The maximum atomic E-state index is 10.9. The number of hydrogen-bond donors (Lipinski definition) is 2. The first-order chi connectivity index (χ1) is 6.31. The molecule has 0 fully saturated rings. The lowest BCUT2D eigenvalue weighted by atomic mass is 10.4. The summed E-state index contributed by atoms with van der Waals surface area (Å²) < 4.78 is 4.90. The fourth-order valence-corrected chi connectivity index (χ4v) is 0.817. The SMILES string of the molecule is CCCNC(=O)OCCCNCC. The van der Waals surface area contributed by atoms with Crippen LogP contribution < -0.4 is 10.6 Å². The Morgan fingerprint density at radius 3 is 2.69 bits per heavy atom. The highest BCUT2D eigenvalue weighted by Gasteiger charge is 1.98. The number of nitrogens with one attached hydrogen (secondary N) is 2. The maximum Gasteiger partial charge on any atom is 0.407 e. The predicted molar refractivity (Wildman–Crippen MR) is 52.8 cm³/mol. The van der Waals surface area contributed by atoms with Crippen LogP contribution in [0, 0.1) is 0 Å². The standard InChI is InChI=1S/C9H20N2O2/c1-3-6-11-9(12)13-8-5-7-10-4-2/h10H,3-8H2,1-2H3,(H,11,12). The Morgan fingerprint density at radius 2 is 2.08 bits per heavy atom. The quantitative estimate of drug-likeness (QED) is 0.589. The highest BCUT2D eigenvalue weighted by molar-refractivity contribution is 5.66. The minimum Gasteiger partial charge on any atom is -0.450 e. The van der Waals surface area contributed by atoms with Crippen molar-refractivity contribution >= 4 is 6.09 Å². The molecule has 0 aromatic heterocycles. The largest absolute Gasteiger partial charge is 0.450 e. The third kappa shape index (κ3) is 9.14. The zero-order chi connectivity index (χ0) is 9.94. The molecule has 4 nitrogen and oxygen atoms in total. The summed E-state index contributed by atoms with van der Waals surface area (Å²) in [5.74, 6) is 0. The van der Waals surface area contributed by atoms with E-state index in [2.05, 4.69) is 17.6 Å². The summed E-state index contributed by atoms with van der Waals surface area (Å²) in [5.41, 5.74) is 0. The van der Waals surface area contributed by atoms with Gasteiger partial charge in [-0.2, -0.15) is 0 Å². The number of amides is 1. The Bertz CT molecular complexity index is 129. The van der Waals surface area contributed by atoms with Crippen LogP contribution >= 0.6 is 0 Å². The normalized spacial score (nSPS) is 9.69. The summed E-state index contributed by atoms with van der Waals surface area (Å²) in [6.07, 6.45) is 1.50. The maximum absolute atomic E-state index is 10.9.